The van der Waals surface area contributed by atoms with Crippen molar-refractivity contribution < 1.29 is 164 Å². The summed E-state index contributed by atoms with van der Waals surface area (Å²) in [6, 6.07) is 25.2. The minimum atomic E-state index is -1.09. The van der Waals surface area contributed by atoms with Gasteiger partial charge in [0.2, 0.25) is 0 Å². The third-order valence-corrected chi connectivity index (χ3v) is 6.54. The Morgan fingerprint density at radius 1 is 0.429 bits per heavy atom. The molecule has 4 aromatic carbocycles. The zero-order chi connectivity index (χ0) is 27.4. The monoisotopic (exact) mass is 606 g/mol. The molecule has 0 aliphatic rings. The number of carboxylic acid groups (broad SMARTS) is 4. The molecule has 0 bridgehead atoms. The molecule has 0 amide bonds. The average Bonchev–Trinajstić information content (AvgIpc) is 2.92. The minimum Gasteiger partial charge on any atom is -1.00 e. The average molecular weight is 606 g/mol. The van der Waals surface area contributed by atoms with Gasteiger partial charge in [-0.25, -0.2) is 19.2 Å². The van der Waals surface area contributed by atoms with Gasteiger partial charge in [-0.15, -0.1) is 0 Å². The third-order valence-electron chi connectivity index (χ3n) is 6.54. The molecule has 42 heavy (non-hydrogen) atoms. The van der Waals surface area contributed by atoms with Gasteiger partial charge >= 0.3 is 142 Å². The van der Waals surface area contributed by atoms with Crippen molar-refractivity contribution in [1.29, 1.82) is 0 Å². The Hall–Kier alpha value is -1.24. The van der Waals surface area contributed by atoms with Crippen LogP contribution < -0.4 is 118 Å². The Balaban J connectivity index is -0.000000700. The van der Waals surface area contributed by atoms with Crippen LogP contribution in [-0.2, 0) is 11.8 Å². The minimum absolute atomic E-state index is 0. The van der Waals surface area contributed by atoms with Crippen molar-refractivity contribution >= 4 is 23.9 Å². The van der Waals surface area contributed by atoms with E-state index in [-0.39, 0.29) is 153 Å². The summed E-state index contributed by atoms with van der Waals surface area (Å²) in [5, 5.41) is 37.6. The van der Waals surface area contributed by atoms with E-state index in [1.807, 2.05) is 0 Å². The Labute approximate surface area is 336 Å². The molecule has 0 saturated heterocycles. The third kappa shape index (κ3) is 9.14. The number of hydrogen-bond acceptors (Lipinski definition) is 4. The van der Waals surface area contributed by atoms with Crippen molar-refractivity contribution in [2.24, 2.45) is 0 Å². The summed E-state index contributed by atoms with van der Waals surface area (Å²) >= 11 is 0. The second-order valence-electron chi connectivity index (χ2n) is 8.73. The molecule has 0 fully saturated rings. The summed E-state index contributed by atoms with van der Waals surface area (Å²) in [6.07, 6.45) is 0.276. The van der Waals surface area contributed by atoms with E-state index in [0.29, 0.717) is 16.7 Å². The Morgan fingerprint density at radius 3 is 0.857 bits per heavy atom. The quantitative estimate of drug-likeness (QED) is 0.109. The number of hydrogen-bond donors (Lipinski definition) is 4. The van der Waals surface area contributed by atoms with E-state index >= 15 is 0 Å². The van der Waals surface area contributed by atoms with Crippen molar-refractivity contribution in [3.05, 3.63) is 142 Å². The molecular formula is C30H26Na4O8. The maximum Gasteiger partial charge on any atom is 1.00 e. The van der Waals surface area contributed by atoms with Crippen LogP contribution >= 0.6 is 0 Å². The van der Waals surface area contributed by atoms with Gasteiger partial charge in [0.15, 0.2) is 0 Å². The summed E-state index contributed by atoms with van der Waals surface area (Å²) in [6.45, 7) is 0. The predicted octanol–water partition coefficient (Wildman–Crippen LogP) is -6.48. The van der Waals surface area contributed by atoms with Gasteiger partial charge in [-0.2, -0.15) is 0 Å². The molecule has 12 heteroatoms. The van der Waals surface area contributed by atoms with Gasteiger partial charge in [0.1, 0.15) is 0 Å². The molecule has 0 unspecified atom stereocenters. The van der Waals surface area contributed by atoms with E-state index in [4.69, 9.17) is 0 Å². The van der Waals surface area contributed by atoms with Gasteiger partial charge in [-0.1, -0.05) is 48.5 Å². The molecule has 0 aliphatic heterocycles. The van der Waals surface area contributed by atoms with Crippen LogP contribution in [0, 0.1) is 0 Å². The van der Waals surface area contributed by atoms with Crippen molar-refractivity contribution in [3.8, 4) is 0 Å². The molecule has 0 atom stereocenters. The summed E-state index contributed by atoms with van der Waals surface area (Å²) in [7, 11) is 0. The number of carboxylic acids is 4. The molecule has 4 N–H and O–H groups in total. The number of benzene rings is 4. The first-order chi connectivity index (χ1) is 18.1. The Morgan fingerprint density at radius 2 is 0.643 bits per heavy atom. The van der Waals surface area contributed by atoms with Crippen LogP contribution in [0.2, 0.25) is 0 Å². The molecule has 0 saturated carbocycles. The number of carbonyl (C=O) groups is 4. The van der Waals surface area contributed by atoms with Gasteiger partial charge in [0.25, 0.3) is 0 Å². The smallest absolute Gasteiger partial charge is 1.00 e. The second-order valence-corrected chi connectivity index (χ2v) is 8.73. The predicted molar refractivity (Wildman–Crippen MR) is 142 cm³/mol. The van der Waals surface area contributed by atoms with E-state index in [9.17, 15) is 39.6 Å². The Kier molecular flexibility index (Phi) is 17.4. The van der Waals surface area contributed by atoms with E-state index in [0.717, 1.165) is 5.56 Å². The fraction of sp³-hybridized carbons (Fsp3) is 0.0667. The fourth-order valence-corrected chi connectivity index (χ4v) is 4.57. The first kappa shape index (κ1) is 40.8. The van der Waals surface area contributed by atoms with Gasteiger partial charge in [-0.05, 0) is 77.2 Å². The SMILES string of the molecule is O=C(O)c1ccc(CC(c2ccc(C(=O)O)cc2)(c2ccc(C(=O)O)cc2)c2ccc(C(=O)O)cc2)cc1.[H-].[H-].[H-].[H-].[Na+].[Na+].[Na+].[Na+]. The van der Waals surface area contributed by atoms with Gasteiger partial charge in [0, 0.05) is 5.41 Å². The van der Waals surface area contributed by atoms with Crippen LogP contribution in [0.25, 0.3) is 0 Å². The van der Waals surface area contributed by atoms with Crippen LogP contribution in [0.15, 0.2) is 97.1 Å². The molecule has 198 valence electrons. The second kappa shape index (κ2) is 17.9. The number of aromatic carboxylic acids is 4. The Bertz CT molecular complexity index is 1400. The van der Waals surface area contributed by atoms with Crippen molar-refractivity contribution in [3.63, 3.8) is 0 Å². The fourth-order valence-electron chi connectivity index (χ4n) is 4.57. The van der Waals surface area contributed by atoms with E-state index in [1.54, 1.807) is 48.5 Å². The first-order valence-corrected chi connectivity index (χ1v) is 11.5. The van der Waals surface area contributed by atoms with Crippen LogP contribution in [0.1, 0.15) is 69.4 Å². The van der Waals surface area contributed by atoms with E-state index in [1.165, 1.54) is 48.5 Å². The molecule has 0 aromatic heterocycles. The van der Waals surface area contributed by atoms with Crippen LogP contribution in [0.3, 0.4) is 0 Å². The maximum absolute atomic E-state index is 11.5. The first-order valence-electron chi connectivity index (χ1n) is 11.5. The van der Waals surface area contributed by atoms with E-state index in [2.05, 4.69) is 0 Å². The summed E-state index contributed by atoms with van der Waals surface area (Å²) in [5.41, 5.74) is 2.12. The molecule has 0 spiro atoms. The molecule has 0 aliphatic carbocycles. The molecule has 4 aromatic rings. The number of rotatable bonds is 9. The van der Waals surface area contributed by atoms with Crippen LogP contribution in [0.5, 0.6) is 0 Å². The zero-order valence-corrected chi connectivity index (χ0v) is 31.9. The molecule has 8 nitrogen and oxygen atoms in total. The topological polar surface area (TPSA) is 149 Å². The van der Waals surface area contributed by atoms with Gasteiger partial charge < -0.3 is 26.1 Å². The summed E-state index contributed by atoms with van der Waals surface area (Å²) in [5.74, 6) is -4.35. The van der Waals surface area contributed by atoms with Crippen molar-refractivity contribution in [2.45, 2.75) is 11.8 Å². The largest absolute Gasteiger partial charge is 1.00 e. The molecule has 4 rings (SSSR count). The normalized spacial score (nSPS) is 10.0. The molecular weight excluding hydrogens is 580 g/mol. The molecule has 0 radical (unpaired) electrons. The maximum atomic E-state index is 11.5. The van der Waals surface area contributed by atoms with Crippen LogP contribution in [-0.4, -0.2) is 44.3 Å². The van der Waals surface area contributed by atoms with Crippen LogP contribution in [0.4, 0.5) is 0 Å². The zero-order valence-electron chi connectivity index (χ0n) is 27.9. The van der Waals surface area contributed by atoms with Crippen molar-refractivity contribution in [2.75, 3.05) is 0 Å². The van der Waals surface area contributed by atoms with E-state index < -0.39 is 29.3 Å². The van der Waals surface area contributed by atoms with Crippen molar-refractivity contribution in [1.82, 2.24) is 0 Å². The van der Waals surface area contributed by atoms with Gasteiger partial charge in [0.05, 0.1) is 22.3 Å². The van der Waals surface area contributed by atoms with Gasteiger partial charge in [-0.3, -0.25) is 0 Å². The summed E-state index contributed by atoms with van der Waals surface area (Å²) in [4.78, 5) is 45.9. The standard InChI is InChI=1S/C30H22O8.4Na.4H/c31-26(32)19-3-1-18(2-4-19)17-30(23-11-5-20(6-12-23)27(33)34,24-13-7-21(8-14-24)28(35)36)25-15-9-22(10-16-25)29(37)38;;;;;;;;/h1-16H,17H2,(H,31,32)(H,33,34)(H,35,36)(H,37,38);;;;;;;;/q;4*+1;4*-1. The molecule has 0 heterocycles. The summed E-state index contributed by atoms with van der Waals surface area (Å²) < 4.78 is 0.